The number of esters is 2. The third-order valence-electron chi connectivity index (χ3n) is 5.15. The van der Waals surface area contributed by atoms with Gasteiger partial charge in [-0.1, -0.05) is 39.8 Å². The lowest BCUT2D eigenvalue weighted by molar-refractivity contribution is -0.174. The van der Waals surface area contributed by atoms with Crippen molar-refractivity contribution < 1.29 is 34.1 Å². The molecular weight excluding hydrogens is 388 g/mol. The van der Waals surface area contributed by atoms with Gasteiger partial charge in [0.25, 0.3) is 0 Å². The number of phenolic OH excluding ortho intramolecular Hbond substituents is 1. The van der Waals surface area contributed by atoms with E-state index in [1.54, 1.807) is 12.1 Å². The molecule has 1 aromatic carbocycles. The molecule has 4 atom stereocenters. The summed E-state index contributed by atoms with van der Waals surface area (Å²) in [4.78, 5) is 38.8. The Morgan fingerprint density at radius 2 is 1.67 bits per heavy atom. The van der Waals surface area contributed by atoms with E-state index in [1.807, 2.05) is 27.7 Å². The number of phenols is 1. The average Bonchev–Trinajstić information content (AvgIpc) is 2.62. The SMILES string of the molecule is CC(C)COC(=O)[C@H]1C(=O)C[C@](C)(O)[C@@H](C(=O)OCC(C)C)[C@@H]1c1cccc(O)c1. The van der Waals surface area contributed by atoms with E-state index in [2.05, 4.69) is 0 Å². The molecule has 30 heavy (non-hydrogen) atoms. The van der Waals surface area contributed by atoms with Crippen molar-refractivity contribution in [1.29, 1.82) is 0 Å². The van der Waals surface area contributed by atoms with E-state index >= 15 is 0 Å². The number of benzene rings is 1. The van der Waals surface area contributed by atoms with Crippen LogP contribution in [0.5, 0.6) is 5.75 Å². The quantitative estimate of drug-likeness (QED) is 0.515. The molecule has 0 amide bonds. The lowest BCUT2D eigenvalue weighted by atomic mass is 9.61. The van der Waals surface area contributed by atoms with Gasteiger partial charge in [-0.15, -0.1) is 0 Å². The van der Waals surface area contributed by atoms with Crippen LogP contribution in [0.3, 0.4) is 0 Å². The van der Waals surface area contributed by atoms with Crippen LogP contribution in [0, 0.1) is 23.7 Å². The number of carbonyl (C=O) groups is 3. The van der Waals surface area contributed by atoms with E-state index in [1.165, 1.54) is 19.1 Å². The Morgan fingerprint density at radius 1 is 1.10 bits per heavy atom. The van der Waals surface area contributed by atoms with Crippen molar-refractivity contribution in [3.8, 4) is 5.75 Å². The van der Waals surface area contributed by atoms with Crippen molar-refractivity contribution in [2.45, 2.75) is 52.6 Å². The van der Waals surface area contributed by atoms with Crippen molar-refractivity contribution in [3.05, 3.63) is 29.8 Å². The molecule has 0 heterocycles. The van der Waals surface area contributed by atoms with Gasteiger partial charge in [-0.25, -0.2) is 0 Å². The molecule has 0 spiro atoms. The second-order valence-corrected chi connectivity index (χ2v) is 9.12. The van der Waals surface area contributed by atoms with Crippen LogP contribution < -0.4 is 0 Å². The van der Waals surface area contributed by atoms with Gasteiger partial charge in [-0.05, 0) is 36.5 Å². The van der Waals surface area contributed by atoms with Gasteiger partial charge >= 0.3 is 11.9 Å². The molecule has 0 aliphatic heterocycles. The van der Waals surface area contributed by atoms with Crippen LogP contribution in [0.25, 0.3) is 0 Å². The summed E-state index contributed by atoms with van der Waals surface area (Å²) in [6.45, 7) is 9.20. The predicted molar refractivity (Wildman–Crippen MR) is 110 cm³/mol. The highest BCUT2D eigenvalue weighted by molar-refractivity contribution is 6.02. The average molecular weight is 421 g/mol. The van der Waals surface area contributed by atoms with Crippen molar-refractivity contribution in [3.63, 3.8) is 0 Å². The van der Waals surface area contributed by atoms with E-state index in [9.17, 15) is 24.6 Å². The zero-order chi connectivity index (χ0) is 22.6. The Kier molecular flexibility index (Phi) is 7.64. The number of aliphatic hydroxyl groups is 1. The Balaban J connectivity index is 2.53. The Labute approximate surface area is 177 Å². The number of Topliss-reactive ketones (excluding diaryl/α,β-unsaturated/α-hetero) is 1. The highest BCUT2D eigenvalue weighted by atomic mass is 16.5. The predicted octanol–water partition coefficient (Wildman–Crippen LogP) is 2.83. The molecular formula is C23H32O7. The van der Waals surface area contributed by atoms with E-state index in [4.69, 9.17) is 9.47 Å². The van der Waals surface area contributed by atoms with Crippen LogP contribution in [0.4, 0.5) is 0 Å². The number of hydrogen-bond donors (Lipinski definition) is 2. The number of aromatic hydroxyl groups is 1. The Morgan fingerprint density at radius 3 is 2.20 bits per heavy atom. The first-order valence-corrected chi connectivity index (χ1v) is 10.3. The first-order valence-electron chi connectivity index (χ1n) is 10.3. The van der Waals surface area contributed by atoms with Gasteiger partial charge in [0.1, 0.15) is 11.7 Å². The fourth-order valence-electron chi connectivity index (χ4n) is 3.82. The van der Waals surface area contributed by atoms with Crippen LogP contribution in [0.15, 0.2) is 24.3 Å². The molecule has 0 radical (unpaired) electrons. The molecule has 0 saturated heterocycles. The fourth-order valence-corrected chi connectivity index (χ4v) is 3.82. The van der Waals surface area contributed by atoms with Gasteiger partial charge in [0.05, 0.1) is 24.7 Å². The van der Waals surface area contributed by atoms with E-state index in [-0.39, 0.29) is 37.2 Å². The first kappa shape index (κ1) is 23.9. The highest BCUT2D eigenvalue weighted by Gasteiger charge is 2.57. The second kappa shape index (κ2) is 9.60. The number of carbonyl (C=O) groups excluding carboxylic acids is 3. The van der Waals surface area contributed by atoms with Crippen molar-refractivity contribution in [2.75, 3.05) is 13.2 Å². The molecule has 0 aromatic heterocycles. The van der Waals surface area contributed by atoms with Gasteiger partial charge in [0.15, 0.2) is 5.78 Å². The highest BCUT2D eigenvalue weighted by Crippen LogP contribution is 2.47. The summed E-state index contributed by atoms with van der Waals surface area (Å²) in [5.41, 5.74) is -1.32. The maximum absolute atomic E-state index is 13.0. The zero-order valence-electron chi connectivity index (χ0n) is 18.3. The molecule has 1 saturated carbocycles. The van der Waals surface area contributed by atoms with Crippen LogP contribution in [-0.2, 0) is 23.9 Å². The normalized spacial score (nSPS) is 26.7. The lowest BCUT2D eigenvalue weighted by Crippen LogP contribution is -2.55. The molecule has 1 aromatic rings. The summed E-state index contributed by atoms with van der Waals surface area (Å²) < 4.78 is 10.7. The molecule has 2 N–H and O–H groups in total. The number of ketones is 1. The Bertz CT molecular complexity index is 782. The second-order valence-electron chi connectivity index (χ2n) is 9.12. The number of hydrogen-bond acceptors (Lipinski definition) is 7. The standard InChI is InChI=1S/C23H32O7/c1-13(2)11-29-21(26)19-17(25)10-23(5,28)20(22(27)30-12-14(3)4)18(19)15-7-6-8-16(24)9-15/h6-9,13-14,18-20,24,28H,10-12H2,1-5H3/t18-,19+,20-,23+/m1/s1. The van der Waals surface area contributed by atoms with E-state index in [0.717, 1.165) is 0 Å². The van der Waals surface area contributed by atoms with Gasteiger partial charge in [-0.3, -0.25) is 14.4 Å². The monoisotopic (exact) mass is 420 g/mol. The third kappa shape index (κ3) is 5.59. The fraction of sp³-hybridized carbons (Fsp3) is 0.609. The van der Waals surface area contributed by atoms with E-state index in [0.29, 0.717) is 5.56 Å². The van der Waals surface area contributed by atoms with Crippen molar-refractivity contribution in [1.82, 2.24) is 0 Å². The van der Waals surface area contributed by atoms with Gasteiger partial charge in [0.2, 0.25) is 0 Å². The van der Waals surface area contributed by atoms with Crippen LogP contribution in [-0.4, -0.2) is 46.7 Å². The van der Waals surface area contributed by atoms with Crippen LogP contribution in [0.1, 0.15) is 52.5 Å². The summed E-state index contributed by atoms with van der Waals surface area (Å²) >= 11 is 0. The zero-order valence-corrected chi connectivity index (χ0v) is 18.3. The third-order valence-corrected chi connectivity index (χ3v) is 5.15. The minimum atomic E-state index is -1.71. The molecule has 1 aliphatic carbocycles. The van der Waals surface area contributed by atoms with Gasteiger partial charge in [-0.2, -0.15) is 0 Å². The number of ether oxygens (including phenoxy) is 2. The largest absolute Gasteiger partial charge is 0.508 e. The molecule has 7 heteroatoms. The molecule has 1 fully saturated rings. The minimum absolute atomic E-state index is 0.0711. The molecule has 2 rings (SSSR count). The summed E-state index contributed by atoms with van der Waals surface area (Å²) in [6.07, 6.45) is -0.370. The van der Waals surface area contributed by atoms with Crippen LogP contribution >= 0.6 is 0 Å². The van der Waals surface area contributed by atoms with Gasteiger partial charge in [0, 0.05) is 12.3 Å². The lowest BCUT2D eigenvalue weighted by Gasteiger charge is -2.43. The summed E-state index contributed by atoms with van der Waals surface area (Å²) in [5.74, 6) is -5.32. The number of rotatable bonds is 7. The van der Waals surface area contributed by atoms with Crippen molar-refractivity contribution >= 4 is 17.7 Å². The maximum Gasteiger partial charge on any atom is 0.317 e. The summed E-state index contributed by atoms with van der Waals surface area (Å²) in [6, 6.07) is 6.02. The maximum atomic E-state index is 13.0. The summed E-state index contributed by atoms with van der Waals surface area (Å²) in [5, 5.41) is 21.0. The summed E-state index contributed by atoms with van der Waals surface area (Å²) in [7, 11) is 0. The molecule has 1 aliphatic rings. The van der Waals surface area contributed by atoms with Crippen LogP contribution in [0.2, 0.25) is 0 Å². The first-order chi connectivity index (χ1) is 13.9. The Hall–Kier alpha value is -2.41. The van der Waals surface area contributed by atoms with E-state index < -0.39 is 41.1 Å². The molecule has 7 nitrogen and oxygen atoms in total. The van der Waals surface area contributed by atoms with Crippen molar-refractivity contribution in [2.24, 2.45) is 23.7 Å². The molecule has 0 unspecified atom stereocenters. The topological polar surface area (TPSA) is 110 Å². The molecule has 166 valence electrons. The van der Waals surface area contributed by atoms with Gasteiger partial charge < -0.3 is 19.7 Å². The smallest absolute Gasteiger partial charge is 0.317 e. The molecule has 0 bridgehead atoms. The minimum Gasteiger partial charge on any atom is -0.508 e.